The molecular formula is C8H9Cl2NO2S. The van der Waals surface area contributed by atoms with E-state index in [-0.39, 0.29) is 0 Å². The molecule has 0 radical (unpaired) electrons. The van der Waals surface area contributed by atoms with Crippen LogP contribution < -0.4 is 0 Å². The highest BCUT2D eigenvalue weighted by molar-refractivity contribution is 8.31. The van der Waals surface area contributed by atoms with Crippen LogP contribution in [-0.2, 0) is 8.26 Å². The Morgan fingerprint density at radius 2 is 1.07 bits per heavy atom. The van der Waals surface area contributed by atoms with Gasteiger partial charge < -0.3 is 0 Å². The molecule has 1 aromatic carbocycles. The molecule has 1 rings (SSSR count). The van der Waals surface area contributed by atoms with Crippen molar-refractivity contribution in [2.45, 2.75) is 6.92 Å². The maximum absolute atomic E-state index is 9.16. The maximum atomic E-state index is 9.16. The third kappa shape index (κ3) is 42.9. The van der Waals surface area contributed by atoms with E-state index in [0.29, 0.717) is 0 Å². The lowest BCUT2D eigenvalue weighted by atomic mass is 10.4. The van der Waals surface area contributed by atoms with Crippen molar-refractivity contribution >= 4 is 29.6 Å². The Hall–Kier alpha value is -0.760. The van der Waals surface area contributed by atoms with Crippen molar-refractivity contribution in [3.05, 3.63) is 36.4 Å². The summed E-state index contributed by atoms with van der Waals surface area (Å²) in [4.78, 5) is 0. The summed E-state index contributed by atoms with van der Waals surface area (Å²) < 4.78 is 18.3. The lowest BCUT2D eigenvalue weighted by Crippen LogP contribution is -1.63. The van der Waals surface area contributed by atoms with Gasteiger partial charge in [-0.1, -0.05) is 36.4 Å². The van der Waals surface area contributed by atoms with Crippen LogP contribution >= 0.6 is 21.4 Å². The van der Waals surface area contributed by atoms with Crippen molar-refractivity contribution in [3.63, 3.8) is 0 Å². The van der Waals surface area contributed by atoms with Gasteiger partial charge in [-0.05, 0) is 0 Å². The third-order valence-corrected chi connectivity index (χ3v) is 0.667. The largest absolute Gasteiger partial charge is 0.317 e. The molecule has 6 heteroatoms. The van der Waals surface area contributed by atoms with Crippen LogP contribution in [0.5, 0.6) is 0 Å². The van der Waals surface area contributed by atoms with Crippen LogP contribution in [0.3, 0.4) is 0 Å². The molecule has 0 aliphatic rings. The SMILES string of the molecule is CC#N.O=S(=O)(Cl)Cl.c1ccccc1. The second-order valence-corrected chi connectivity index (χ2v) is 5.42. The van der Waals surface area contributed by atoms with E-state index in [1.165, 1.54) is 6.92 Å². The van der Waals surface area contributed by atoms with E-state index in [1.54, 1.807) is 6.07 Å². The van der Waals surface area contributed by atoms with Gasteiger partial charge in [0, 0.05) is 28.3 Å². The van der Waals surface area contributed by atoms with Gasteiger partial charge in [-0.2, -0.15) is 13.7 Å². The van der Waals surface area contributed by atoms with Crippen molar-refractivity contribution in [3.8, 4) is 6.07 Å². The predicted molar refractivity (Wildman–Crippen MR) is 58.4 cm³/mol. The quantitative estimate of drug-likeness (QED) is 0.669. The minimum atomic E-state index is -3.72. The molecule has 0 saturated carbocycles. The molecule has 1 aromatic rings. The van der Waals surface area contributed by atoms with Crippen LogP contribution in [0.2, 0.25) is 0 Å². The van der Waals surface area contributed by atoms with Gasteiger partial charge >= 0.3 is 8.26 Å². The normalized spacial score (nSPS) is 8.14. The summed E-state index contributed by atoms with van der Waals surface area (Å²) in [5, 5.41) is 7.32. The fourth-order valence-corrected chi connectivity index (χ4v) is 0.385. The number of halogens is 2. The van der Waals surface area contributed by atoms with E-state index in [2.05, 4.69) is 21.4 Å². The molecule has 0 heterocycles. The van der Waals surface area contributed by atoms with Gasteiger partial charge in [-0.15, -0.1) is 0 Å². The smallest absolute Gasteiger partial charge is 0.199 e. The first-order chi connectivity index (χ1) is 6.41. The van der Waals surface area contributed by atoms with Crippen molar-refractivity contribution in [1.29, 1.82) is 5.26 Å². The van der Waals surface area contributed by atoms with Gasteiger partial charge in [0.15, 0.2) is 0 Å². The standard InChI is InChI=1S/C6H6.C2H3N.Cl2O2S/c1-2-4-6-5-3-1;1-2-3;1-5(2,3)4/h1-6H;1H3;. The lowest BCUT2D eigenvalue weighted by molar-refractivity contribution is 0.621. The first-order valence-corrected chi connectivity index (χ1v) is 6.50. The van der Waals surface area contributed by atoms with E-state index >= 15 is 0 Å². The highest BCUT2D eigenvalue weighted by Crippen LogP contribution is 1.98. The van der Waals surface area contributed by atoms with Crippen molar-refractivity contribution in [2.75, 3.05) is 0 Å². The average molecular weight is 254 g/mol. The number of benzene rings is 1. The molecule has 0 saturated heterocycles. The summed E-state index contributed by atoms with van der Waals surface area (Å²) in [5.41, 5.74) is 0. The molecule has 0 N–H and O–H groups in total. The van der Waals surface area contributed by atoms with E-state index in [4.69, 9.17) is 13.7 Å². The highest BCUT2D eigenvalue weighted by atomic mass is 36.0. The Balaban J connectivity index is 0. The third-order valence-electron chi connectivity index (χ3n) is 0.667. The van der Waals surface area contributed by atoms with Gasteiger partial charge in [0.25, 0.3) is 0 Å². The minimum Gasteiger partial charge on any atom is -0.199 e. The molecule has 0 fully saturated rings. The van der Waals surface area contributed by atoms with Crippen LogP contribution in [0.4, 0.5) is 0 Å². The number of hydrogen-bond acceptors (Lipinski definition) is 3. The summed E-state index contributed by atoms with van der Waals surface area (Å²) in [6.45, 7) is 1.43. The number of hydrogen-bond donors (Lipinski definition) is 0. The summed E-state index contributed by atoms with van der Waals surface area (Å²) >= 11 is 0. The van der Waals surface area contributed by atoms with Crippen molar-refractivity contribution in [2.24, 2.45) is 0 Å². The Bertz CT molecular complexity index is 311. The van der Waals surface area contributed by atoms with Gasteiger partial charge in [-0.3, -0.25) is 0 Å². The van der Waals surface area contributed by atoms with E-state index < -0.39 is 8.26 Å². The number of nitriles is 1. The molecule has 0 amide bonds. The summed E-state index contributed by atoms with van der Waals surface area (Å²) in [6, 6.07) is 13.8. The molecule has 3 nitrogen and oxygen atoms in total. The molecule has 0 atom stereocenters. The molecule has 0 unspecified atom stereocenters. The predicted octanol–water partition coefficient (Wildman–Crippen LogP) is 2.93. The highest BCUT2D eigenvalue weighted by Gasteiger charge is 1.88. The zero-order valence-corrected chi connectivity index (χ0v) is 9.72. The van der Waals surface area contributed by atoms with E-state index in [9.17, 15) is 0 Å². The minimum absolute atomic E-state index is 1.43. The van der Waals surface area contributed by atoms with E-state index in [1.807, 2.05) is 36.4 Å². The van der Waals surface area contributed by atoms with Gasteiger partial charge in [-0.25, -0.2) is 0 Å². The van der Waals surface area contributed by atoms with Crippen LogP contribution in [0, 0.1) is 11.3 Å². The molecule has 14 heavy (non-hydrogen) atoms. The Kier molecular flexibility index (Phi) is 11.6. The molecule has 0 spiro atoms. The van der Waals surface area contributed by atoms with Crippen LogP contribution in [0.1, 0.15) is 6.92 Å². The molecule has 0 aliphatic heterocycles. The Labute approximate surface area is 92.8 Å². The zero-order chi connectivity index (χ0) is 11.4. The summed E-state index contributed by atoms with van der Waals surface area (Å²) in [6.07, 6.45) is 0. The Morgan fingerprint density at radius 1 is 1.00 bits per heavy atom. The molecular weight excluding hydrogens is 245 g/mol. The molecule has 0 bridgehead atoms. The first-order valence-electron chi connectivity index (χ1n) is 3.37. The molecule has 78 valence electrons. The van der Waals surface area contributed by atoms with Gasteiger partial charge in [0.05, 0.1) is 6.07 Å². The van der Waals surface area contributed by atoms with Gasteiger partial charge in [0.2, 0.25) is 0 Å². The summed E-state index contributed by atoms with van der Waals surface area (Å²) in [5.74, 6) is 0. The number of rotatable bonds is 0. The monoisotopic (exact) mass is 253 g/mol. The molecule has 0 aromatic heterocycles. The Morgan fingerprint density at radius 3 is 1.14 bits per heavy atom. The first kappa shape index (κ1) is 15.7. The zero-order valence-electron chi connectivity index (χ0n) is 7.39. The second kappa shape index (κ2) is 10.3. The van der Waals surface area contributed by atoms with Gasteiger partial charge in [0.1, 0.15) is 0 Å². The van der Waals surface area contributed by atoms with Crippen molar-refractivity contribution < 1.29 is 8.42 Å². The average Bonchev–Trinajstić information content (AvgIpc) is 2.06. The van der Waals surface area contributed by atoms with E-state index in [0.717, 1.165) is 0 Å². The second-order valence-electron chi connectivity index (χ2n) is 1.76. The van der Waals surface area contributed by atoms with Crippen LogP contribution in [0.15, 0.2) is 36.4 Å². The fourth-order valence-electron chi connectivity index (χ4n) is 0.385. The summed E-state index contributed by atoms with van der Waals surface area (Å²) in [7, 11) is 4.81. The number of nitrogens with zero attached hydrogens (tertiary/aromatic N) is 1. The lowest BCUT2D eigenvalue weighted by Gasteiger charge is -1.69. The van der Waals surface area contributed by atoms with Crippen molar-refractivity contribution in [1.82, 2.24) is 0 Å². The fraction of sp³-hybridized carbons (Fsp3) is 0.125. The molecule has 0 aliphatic carbocycles. The van der Waals surface area contributed by atoms with Crippen LogP contribution in [-0.4, -0.2) is 8.42 Å². The van der Waals surface area contributed by atoms with Crippen LogP contribution in [0.25, 0.3) is 0 Å². The maximum Gasteiger partial charge on any atom is 0.317 e. The topological polar surface area (TPSA) is 57.9 Å².